The van der Waals surface area contributed by atoms with Crippen LogP contribution in [0, 0.1) is 25.2 Å². The standard InChI is InChI=1S/C31H34F3N7O3S/c1-20-5-6-22(19-35)28(16-20)39-10-7-23(8-11-39)38-26-18-24(21(2)17-25(26)31(32,33)34)30(42)41-14-12-40(13-15-41)27-4-3-9-37-29(27)45(36,43)44/h3-6,9,16-18,23,38H,7-8,10-15H2,1-2H3,(H2,36,43,44). The quantitative estimate of drug-likeness (QED) is 0.407. The summed E-state index contributed by atoms with van der Waals surface area (Å²) in [5.41, 5.74) is 2.13. The van der Waals surface area contributed by atoms with Crippen LogP contribution in [0.3, 0.4) is 0 Å². The Labute approximate surface area is 260 Å². The molecule has 1 amide bonds. The number of nitrogens with zero attached hydrogens (tertiary/aromatic N) is 5. The molecular formula is C31H34F3N7O3S. The SMILES string of the molecule is Cc1ccc(C#N)c(N2CCC(Nc3cc(C(=O)N4CCN(c5cccnc5S(N)(=O)=O)CC4)c(C)cc3C(F)(F)F)CC2)c1. The van der Waals surface area contributed by atoms with E-state index in [4.69, 9.17) is 5.14 Å². The number of benzene rings is 2. The zero-order valence-corrected chi connectivity index (χ0v) is 25.7. The maximum absolute atomic E-state index is 14.2. The van der Waals surface area contributed by atoms with Crippen molar-refractivity contribution < 1.29 is 26.4 Å². The second kappa shape index (κ2) is 12.6. The lowest BCUT2D eigenvalue weighted by molar-refractivity contribution is -0.137. The Morgan fingerprint density at radius 1 is 1.00 bits per heavy atom. The Morgan fingerprint density at radius 2 is 1.67 bits per heavy atom. The average Bonchev–Trinajstić information content (AvgIpc) is 3.01. The van der Waals surface area contributed by atoms with E-state index in [1.807, 2.05) is 19.1 Å². The van der Waals surface area contributed by atoms with Gasteiger partial charge in [0.15, 0.2) is 5.03 Å². The molecule has 238 valence electrons. The number of anilines is 3. The van der Waals surface area contributed by atoms with Gasteiger partial charge in [-0.2, -0.15) is 18.4 Å². The molecule has 1 aromatic heterocycles. The minimum Gasteiger partial charge on any atom is -0.382 e. The highest BCUT2D eigenvalue weighted by Crippen LogP contribution is 2.38. The molecule has 3 aromatic rings. The van der Waals surface area contributed by atoms with Gasteiger partial charge in [-0.25, -0.2) is 18.5 Å². The van der Waals surface area contributed by atoms with E-state index in [0.717, 1.165) is 17.3 Å². The first-order valence-corrected chi connectivity index (χ1v) is 16.1. The number of hydrogen-bond acceptors (Lipinski definition) is 8. The van der Waals surface area contributed by atoms with Gasteiger partial charge in [-0.05, 0) is 74.2 Å². The van der Waals surface area contributed by atoms with Gasteiger partial charge in [0.2, 0.25) is 0 Å². The van der Waals surface area contributed by atoms with Crippen LogP contribution in [0.15, 0.2) is 53.7 Å². The third-order valence-corrected chi connectivity index (χ3v) is 9.15. The number of pyridine rings is 1. The molecule has 14 heteroatoms. The van der Waals surface area contributed by atoms with E-state index < -0.39 is 27.7 Å². The maximum atomic E-state index is 14.2. The number of aryl methyl sites for hydroxylation is 2. The molecule has 10 nitrogen and oxygen atoms in total. The van der Waals surface area contributed by atoms with Gasteiger partial charge in [0.05, 0.1) is 22.5 Å². The lowest BCUT2D eigenvalue weighted by Crippen LogP contribution is -2.49. The Hall–Kier alpha value is -4.35. The minimum absolute atomic E-state index is 0.144. The summed E-state index contributed by atoms with van der Waals surface area (Å²) in [6, 6.07) is 13.0. The highest BCUT2D eigenvalue weighted by molar-refractivity contribution is 7.89. The van der Waals surface area contributed by atoms with Crippen molar-refractivity contribution in [1.82, 2.24) is 9.88 Å². The highest BCUT2D eigenvalue weighted by Gasteiger charge is 2.36. The summed E-state index contributed by atoms with van der Waals surface area (Å²) < 4.78 is 66.5. The monoisotopic (exact) mass is 641 g/mol. The number of piperazine rings is 1. The van der Waals surface area contributed by atoms with Gasteiger partial charge >= 0.3 is 6.18 Å². The first kappa shape index (κ1) is 32.1. The van der Waals surface area contributed by atoms with Gasteiger partial charge in [-0.3, -0.25) is 4.79 Å². The van der Waals surface area contributed by atoms with E-state index >= 15 is 0 Å². The molecule has 0 bridgehead atoms. The second-order valence-electron chi connectivity index (χ2n) is 11.4. The Morgan fingerprint density at radius 3 is 2.29 bits per heavy atom. The molecule has 3 N–H and O–H groups in total. The minimum atomic E-state index is -4.63. The van der Waals surface area contributed by atoms with E-state index in [2.05, 4.69) is 21.3 Å². The molecule has 2 fully saturated rings. The molecule has 0 spiro atoms. The fraction of sp³-hybridized carbons (Fsp3) is 0.387. The van der Waals surface area contributed by atoms with Gasteiger partial charge in [0, 0.05) is 62.8 Å². The van der Waals surface area contributed by atoms with Crippen LogP contribution in [-0.2, 0) is 16.2 Å². The number of nitrogens with two attached hydrogens (primary N) is 1. The Kier molecular flexibility index (Phi) is 8.95. The predicted octanol–water partition coefficient (Wildman–Crippen LogP) is 4.28. The number of sulfonamides is 1. The Bertz CT molecular complexity index is 1740. The largest absolute Gasteiger partial charge is 0.418 e. The summed E-state index contributed by atoms with van der Waals surface area (Å²) >= 11 is 0. The summed E-state index contributed by atoms with van der Waals surface area (Å²) in [6.45, 7) is 5.58. The number of alkyl halides is 3. The van der Waals surface area contributed by atoms with Crippen LogP contribution in [0.25, 0.3) is 0 Å². The van der Waals surface area contributed by atoms with Crippen molar-refractivity contribution in [2.75, 3.05) is 54.4 Å². The molecule has 5 rings (SSSR count). The third kappa shape index (κ3) is 6.99. The number of amides is 1. The van der Waals surface area contributed by atoms with Crippen molar-refractivity contribution >= 4 is 33.0 Å². The van der Waals surface area contributed by atoms with Gasteiger partial charge in [-0.1, -0.05) is 6.07 Å². The molecular weight excluding hydrogens is 607 g/mol. The first-order chi connectivity index (χ1) is 21.3. The van der Waals surface area contributed by atoms with Crippen LogP contribution in [0.4, 0.5) is 30.2 Å². The van der Waals surface area contributed by atoms with Crippen molar-refractivity contribution in [3.8, 4) is 6.07 Å². The summed E-state index contributed by atoms with van der Waals surface area (Å²) in [7, 11) is -4.06. The number of piperidine rings is 1. The molecule has 45 heavy (non-hydrogen) atoms. The first-order valence-electron chi connectivity index (χ1n) is 14.5. The van der Waals surface area contributed by atoms with Crippen LogP contribution in [0.2, 0.25) is 0 Å². The molecule has 0 saturated carbocycles. The summed E-state index contributed by atoms with van der Waals surface area (Å²) in [6.07, 6.45) is -2.21. The molecule has 2 aliphatic heterocycles. The van der Waals surface area contributed by atoms with E-state index in [0.29, 0.717) is 37.2 Å². The van der Waals surface area contributed by atoms with Gasteiger partial charge in [0.1, 0.15) is 6.07 Å². The van der Waals surface area contributed by atoms with Crippen molar-refractivity contribution in [3.63, 3.8) is 0 Å². The number of hydrogen-bond donors (Lipinski definition) is 2. The van der Waals surface area contributed by atoms with Crippen LogP contribution < -0.4 is 20.3 Å². The molecule has 2 saturated heterocycles. The number of halogens is 3. The molecule has 2 aliphatic rings. The van der Waals surface area contributed by atoms with Crippen molar-refractivity contribution in [2.45, 2.75) is 43.9 Å². The number of nitriles is 1. The number of carbonyl (C=O) groups is 1. The predicted molar refractivity (Wildman–Crippen MR) is 165 cm³/mol. The molecule has 3 heterocycles. The summed E-state index contributed by atoms with van der Waals surface area (Å²) in [4.78, 5) is 22.9. The summed E-state index contributed by atoms with van der Waals surface area (Å²) in [5.74, 6) is -0.403. The molecule has 0 unspecified atom stereocenters. The van der Waals surface area contributed by atoms with Gasteiger partial charge in [0.25, 0.3) is 15.9 Å². The van der Waals surface area contributed by atoms with E-state index in [-0.39, 0.29) is 54.1 Å². The molecule has 0 atom stereocenters. The Balaban J connectivity index is 1.31. The molecule has 2 aromatic carbocycles. The number of primary sulfonamides is 1. The lowest BCUT2D eigenvalue weighted by atomic mass is 9.98. The second-order valence-corrected chi connectivity index (χ2v) is 12.9. The van der Waals surface area contributed by atoms with E-state index in [9.17, 15) is 31.6 Å². The van der Waals surface area contributed by atoms with Crippen LogP contribution in [0.1, 0.15) is 45.5 Å². The molecule has 0 aliphatic carbocycles. The fourth-order valence-electron chi connectivity index (χ4n) is 5.94. The number of rotatable bonds is 6. The van der Waals surface area contributed by atoms with E-state index in [1.165, 1.54) is 19.2 Å². The van der Waals surface area contributed by atoms with Crippen LogP contribution in [-0.4, -0.2) is 69.5 Å². The molecule has 0 radical (unpaired) electrons. The zero-order valence-electron chi connectivity index (χ0n) is 24.9. The zero-order chi connectivity index (χ0) is 32.5. The number of carbonyl (C=O) groups excluding carboxylic acids is 1. The van der Waals surface area contributed by atoms with Crippen molar-refractivity contribution in [3.05, 3.63) is 76.5 Å². The maximum Gasteiger partial charge on any atom is 0.418 e. The fourth-order valence-corrected chi connectivity index (χ4v) is 6.63. The van der Waals surface area contributed by atoms with Crippen molar-refractivity contribution in [2.24, 2.45) is 5.14 Å². The number of nitrogens with one attached hydrogen (secondary N) is 1. The van der Waals surface area contributed by atoms with Crippen LogP contribution >= 0.6 is 0 Å². The smallest absolute Gasteiger partial charge is 0.382 e. The van der Waals surface area contributed by atoms with Crippen LogP contribution in [0.5, 0.6) is 0 Å². The summed E-state index contributed by atoms with van der Waals surface area (Å²) in [5, 5.41) is 17.7. The number of aromatic nitrogens is 1. The lowest BCUT2D eigenvalue weighted by Gasteiger charge is -2.37. The normalized spacial score (nSPS) is 16.4. The highest BCUT2D eigenvalue weighted by atomic mass is 32.2. The van der Waals surface area contributed by atoms with Crippen molar-refractivity contribution in [1.29, 1.82) is 5.26 Å². The van der Waals surface area contributed by atoms with Gasteiger partial charge in [-0.15, -0.1) is 0 Å². The van der Waals surface area contributed by atoms with Gasteiger partial charge < -0.3 is 20.0 Å². The van der Waals surface area contributed by atoms with E-state index in [1.54, 1.807) is 28.0 Å². The third-order valence-electron chi connectivity index (χ3n) is 8.30. The average molecular weight is 642 g/mol. The topological polar surface area (TPSA) is 136 Å².